The maximum Gasteiger partial charge on any atom is 0.329 e. The average Bonchev–Trinajstić information content (AvgIpc) is 3.64. The number of benzene rings is 3. The van der Waals surface area contributed by atoms with Gasteiger partial charge in [-0.2, -0.15) is 0 Å². The fraction of sp³-hybridized carbons (Fsp3) is 0.409. The summed E-state index contributed by atoms with van der Waals surface area (Å²) in [5.74, 6) is -4.98. The van der Waals surface area contributed by atoms with E-state index < -0.39 is 77.4 Å². The molecule has 4 rings (SSSR count). The minimum absolute atomic E-state index is 0.0256. The van der Waals surface area contributed by atoms with E-state index in [0.29, 0.717) is 24.9 Å². The summed E-state index contributed by atoms with van der Waals surface area (Å²) in [6.45, 7) is 4.29. The van der Waals surface area contributed by atoms with E-state index in [0.717, 1.165) is 26.9 Å². The normalized spacial score (nSPS) is 14.4. The van der Waals surface area contributed by atoms with Crippen molar-refractivity contribution in [3.63, 3.8) is 0 Å². The molecular weight excluding hydrogens is 769 g/mol. The highest BCUT2D eigenvalue weighted by atomic mass is 16.4. The van der Waals surface area contributed by atoms with Crippen molar-refractivity contribution in [2.45, 2.75) is 101 Å². The van der Waals surface area contributed by atoms with Crippen LogP contribution < -0.4 is 32.7 Å². The Morgan fingerprint density at radius 3 is 1.87 bits per heavy atom. The summed E-state index contributed by atoms with van der Waals surface area (Å²) in [4.78, 5) is 85.7. The quantitative estimate of drug-likeness (QED) is 0.0513. The summed E-state index contributed by atoms with van der Waals surface area (Å²) in [5, 5.41) is 32.2. The van der Waals surface area contributed by atoms with Crippen LogP contribution in [0, 0.1) is 0 Å². The number of amides is 5. The molecule has 4 aromatic rings. The summed E-state index contributed by atoms with van der Waals surface area (Å²) in [6, 6.07) is 19.1. The van der Waals surface area contributed by atoms with Crippen molar-refractivity contribution in [1.29, 1.82) is 0 Å². The van der Waals surface area contributed by atoms with Crippen LogP contribution in [0.4, 0.5) is 0 Å². The Morgan fingerprint density at radius 1 is 0.717 bits per heavy atom. The van der Waals surface area contributed by atoms with Crippen LogP contribution in [-0.4, -0.2) is 111 Å². The monoisotopic (exact) mass is 826 g/mol. The molecule has 0 fully saturated rings. The number of hydrogen-bond acceptors (Lipinski definition) is 9. The Hall–Kier alpha value is -6.10. The van der Waals surface area contributed by atoms with Gasteiger partial charge in [0.05, 0.1) is 12.1 Å². The molecule has 0 saturated carbocycles. The molecule has 0 radical (unpaired) electrons. The van der Waals surface area contributed by atoms with Gasteiger partial charge in [-0.1, -0.05) is 78.9 Å². The van der Waals surface area contributed by atoms with Crippen molar-refractivity contribution in [3.8, 4) is 0 Å². The lowest BCUT2D eigenvalue weighted by atomic mass is 9.99. The van der Waals surface area contributed by atoms with Gasteiger partial charge >= 0.3 is 5.97 Å². The summed E-state index contributed by atoms with van der Waals surface area (Å²) in [7, 11) is 1.31. The highest BCUT2D eigenvalue weighted by Crippen LogP contribution is 2.20. The van der Waals surface area contributed by atoms with E-state index in [2.05, 4.69) is 26.3 Å². The smallest absolute Gasteiger partial charge is 0.329 e. The number of likely N-dealkylation sites (N-methyl/N-ethyl adjacent to an activating group) is 1. The molecule has 0 saturated heterocycles. The van der Waals surface area contributed by atoms with Gasteiger partial charge in [-0.3, -0.25) is 24.0 Å². The number of aliphatic hydroxyl groups excluding tert-OH is 1. The zero-order valence-corrected chi connectivity index (χ0v) is 34.5. The van der Waals surface area contributed by atoms with Gasteiger partial charge in [0.2, 0.25) is 29.5 Å². The van der Waals surface area contributed by atoms with Crippen molar-refractivity contribution >= 4 is 46.4 Å². The number of H-pyrrole nitrogens is 1. The molecule has 0 aliphatic heterocycles. The Kier molecular flexibility index (Phi) is 16.9. The van der Waals surface area contributed by atoms with Gasteiger partial charge in [-0.05, 0) is 75.8 Å². The van der Waals surface area contributed by atoms with E-state index in [1.54, 1.807) is 36.5 Å². The third kappa shape index (κ3) is 12.7. The lowest BCUT2D eigenvalue weighted by Gasteiger charge is -2.35. The summed E-state index contributed by atoms with van der Waals surface area (Å²) >= 11 is 0. The standard InChI is InChI=1S/C44H58N8O8/c1-27(53)37(41(57)50-36(24-29-17-9-6-10-18-29)42(58)52(4)44(2,3)43(59)60)51-39(55)34(21-13-14-22-45)48-40(56)35(25-30-26-47-33-20-12-11-19-31(30)33)49-38(54)32(46)23-28-15-7-5-8-16-28/h5-12,15-20,26-27,32,34-37,47,53H,13-14,21-25,45-46H2,1-4H3,(H,48,56)(H,49,54)(H,50,57)(H,51,55)(H,59,60)/t27-,32+,34+,35-,36+,37+/m1/s1. The molecule has 3 aromatic carbocycles. The molecule has 0 spiro atoms. The van der Waals surface area contributed by atoms with Crippen LogP contribution in [0.1, 0.15) is 56.7 Å². The van der Waals surface area contributed by atoms with Crippen LogP contribution in [0.5, 0.6) is 0 Å². The van der Waals surface area contributed by atoms with Crippen molar-refractivity contribution < 1.29 is 39.0 Å². The molecule has 16 heteroatoms. The van der Waals surface area contributed by atoms with Gasteiger partial charge in [0.1, 0.15) is 29.7 Å². The van der Waals surface area contributed by atoms with Crippen molar-refractivity contribution in [2.75, 3.05) is 13.6 Å². The van der Waals surface area contributed by atoms with Gasteiger partial charge in [0.15, 0.2) is 0 Å². The minimum Gasteiger partial charge on any atom is -0.480 e. The maximum atomic E-state index is 14.2. The number of rotatable bonds is 22. The predicted octanol–water partition coefficient (Wildman–Crippen LogP) is 1.29. The van der Waals surface area contributed by atoms with E-state index in [1.807, 2.05) is 54.6 Å². The number of nitrogens with zero attached hydrogens (tertiary/aromatic N) is 1. The third-order valence-electron chi connectivity index (χ3n) is 10.6. The van der Waals surface area contributed by atoms with E-state index in [1.165, 1.54) is 27.8 Å². The highest BCUT2D eigenvalue weighted by molar-refractivity contribution is 5.97. The molecule has 16 nitrogen and oxygen atoms in total. The van der Waals surface area contributed by atoms with E-state index in [4.69, 9.17) is 11.5 Å². The summed E-state index contributed by atoms with van der Waals surface area (Å²) in [5.41, 5.74) is 13.5. The molecule has 0 aliphatic carbocycles. The number of aliphatic carboxylic acids is 1. The Balaban J connectivity index is 1.58. The molecule has 0 bridgehead atoms. The number of para-hydroxylation sites is 1. The summed E-state index contributed by atoms with van der Waals surface area (Å²) in [6.07, 6.45) is 1.50. The Morgan fingerprint density at radius 2 is 1.27 bits per heavy atom. The van der Waals surface area contributed by atoms with E-state index in [9.17, 15) is 39.0 Å². The lowest BCUT2D eigenvalue weighted by Crippen LogP contribution is -2.62. The van der Waals surface area contributed by atoms with Gasteiger partial charge in [-0.25, -0.2) is 4.79 Å². The highest BCUT2D eigenvalue weighted by Gasteiger charge is 2.40. The first-order chi connectivity index (χ1) is 28.5. The lowest BCUT2D eigenvalue weighted by molar-refractivity contribution is -0.156. The Bertz CT molecular complexity index is 2070. The fourth-order valence-electron chi connectivity index (χ4n) is 6.63. The second-order valence-corrected chi connectivity index (χ2v) is 15.5. The molecule has 322 valence electrons. The molecule has 11 N–H and O–H groups in total. The number of carbonyl (C=O) groups is 6. The zero-order chi connectivity index (χ0) is 44.0. The number of carboxylic acids is 1. The number of aromatic nitrogens is 1. The predicted molar refractivity (Wildman–Crippen MR) is 227 cm³/mol. The number of aliphatic hydroxyl groups is 1. The molecule has 1 aromatic heterocycles. The van der Waals surface area contributed by atoms with Gasteiger partial charge in [0.25, 0.3) is 0 Å². The third-order valence-corrected chi connectivity index (χ3v) is 10.6. The van der Waals surface area contributed by atoms with Crippen molar-refractivity contribution in [2.24, 2.45) is 11.5 Å². The minimum atomic E-state index is -1.64. The van der Waals surface area contributed by atoms with E-state index >= 15 is 0 Å². The molecule has 60 heavy (non-hydrogen) atoms. The SMILES string of the molecule is C[C@@H](O)[C@H](NC(=O)[C@H](CCCCN)NC(=O)[C@@H](Cc1c[nH]c2ccccc12)NC(=O)[C@@H](N)Cc1ccccc1)C(=O)N[C@@H](Cc1ccccc1)C(=O)N(C)C(C)(C)C(=O)O. The molecule has 0 aliphatic rings. The number of carboxylic acid groups (broad SMARTS) is 1. The first-order valence-corrected chi connectivity index (χ1v) is 20.0. The van der Waals surface area contributed by atoms with Crippen LogP contribution >= 0.6 is 0 Å². The van der Waals surface area contributed by atoms with Crippen LogP contribution in [0.15, 0.2) is 91.1 Å². The largest absolute Gasteiger partial charge is 0.480 e. The summed E-state index contributed by atoms with van der Waals surface area (Å²) < 4.78 is 0. The maximum absolute atomic E-state index is 14.2. The number of carbonyl (C=O) groups excluding carboxylic acids is 5. The molecular formula is C44H58N8O8. The zero-order valence-electron chi connectivity index (χ0n) is 34.5. The first-order valence-electron chi connectivity index (χ1n) is 20.0. The molecule has 6 atom stereocenters. The molecule has 0 unspecified atom stereocenters. The number of nitrogens with one attached hydrogen (secondary N) is 5. The van der Waals surface area contributed by atoms with Crippen LogP contribution in [0.2, 0.25) is 0 Å². The molecule has 1 heterocycles. The van der Waals surface area contributed by atoms with Crippen LogP contribution in [0.25, 0.3) is 10.9 Å². The second-order valence-electron chi connectivity index (χ2n) is 15.5. The average molecular weight is 827 g/mol. The number of fused-ring (bicyclic) bond motifs is 1. The number of unbranched alkanes of at least 4 members (excludes halogenated alkanes) is 1. The van der Waals surface area contributed by atoms with Gasteiger partial charge < -0.3 is 52.8 Å². The topological polar surface area (TPSA) is 262 Å². The van der Waals surface area contributed by atoms with Crippen LogP contribution in [0.3, 0.4) is 0 Å². The number of aromatic amines is 1. The first kappa shape index (κ1) is 46.6. The second kappa shape index (κ2) is 21.8. The molecule has 5 amide bonds. The van der Waals surface area contributed by atoms with Gasteiger partial charge in [-0.15, -0.1) is 0 Å². The van der Waals surface area contributed by atoms with Crippen molar-refractivity contribution in [3.05, 3.63) is 108 Å². The Labute approximate surface area is 349 Å². The number of hydrogen-bond donors (Lipinski definition) is 9. The fourth-order valence-corrected chi connectivity index (χ4v) is 6.63. The van der Waals surface area contributed by atoms with Crippen LogP contribution in [-0.2, 0) is 48.0 Å². The van der Waals surface area contributed by atoms with Gasteiger partial charge in [0, 0.05) is 37.0 Å². The number of nitrogens with two attached hydrogens (primary N) is 2. The van der Waals surface area contributed by atoms with Crippen molar-refractivity contribution in [1.82, 2.24) is 31.2 Å². The van der Waals surface area contributed by atoms with E-state index in [-0.39, 0.29) is 25.7 Å².